The summed E-state index contributed by atoms with van der Waals surface area (Å²) in [5.41, 5.74) is 1.24. The molecule has 1 N–H and O–H groups in total. The van der Waals surface area contributed by atoms with Gasteiger partial charge in [0, 0.05) is 18.3 Å². The first-order valence-corrected chi connectivity index (χ1v) is 8.23. The van der Waals surface area contributed by atoms with E-state index >= 15 is 0 Å². The Labute approximate surface area is 136 Å². The third-order valence-electron chi connectivity index (χ3n) is 4.21. The maximum atomic E-state index is 12.6. The lowest BCUT2D eigenvalue weighted by Gasteiger charge is -2.20. The number of rotatable bonds is 5. The smallest absolute Gasteiger partial charge is 0.278 e. The van der Waals surface area contributed by atoms with Gasteiger partial charge in [0.15, 0.2) is 0 Å². The number of para-hydroxylation sites is 1. The predicted octanol–water partition coefficient (Wildman–Crippen LogP) is 3.50. The zero-order chi connectivity index (χ0) is 16.1. The molecule has 1 fully saturated rings. The van der Waals surface area contributed by atoms with Crippen molar-refractivity contribution in [3.05, 3.63) is 48.4 Å². The van der Waals surface area contributed by atoms with Crippen molar-refractivity contribution in [2.24, 2.45) is 0 Å². The summed E-state index contributed by atoms with van der Waals surface area (Å²) in [6.45, 7) is 2.54. The second-order valence-corrected chi connectivity index (χ2v) is 5.80. The predicted molar refractivity (Wildman–Crippen MR) is 91.7 cm³/mol. The summed E-state index contributed by atoms with van der Waals surface area (Å²) in [5.74, 6) is 0.620. The molecule has 0 saturated heterocycles. The molecular weight excluding hydrogens is 288 g/mol. The highest BCUT2D eigenvalue weighted by molar-refractivity contribution is 6.04. The number of amides is 1. The van der Waals surface area contributed by atoms with Gasteiger partial charge in [-0.1, -0.05) is 31.0 Å². The van der Waals surface area contributed by atoms with E-state index < -0.39 is 0 Å². The van der Waals surface area contributed by atoms with E-state index in [9.17, 15) is 4.79 Å². The largest absolute Gasteiger partial charge is 0.366 e. The van der Waals surface area contributed by atoms with Crippen LogP contribution in [0.15, 0.2) is 42.7 Å². The summed E-state index contributed by atoms with van der Waals surface area (Å²) in [5, 5.41) is 3.38. The van der Waals surface area contributed by atoms with E-state index in [-0.39, 0.29) is 5.91 Å². The SMILES string of the molecule is CCN(C(=O)c1cnc(NC2CCCC2)cn1)c1ccccc1. The Balaban J connectivity index is 1.71. The van der Waals surface area contributed by atoms with Crippen LogP contribution in [-0.4, -0.2) is 28.5 Å². The van der Waals surface area contributed by atoms with Crippen LogP contribution in [0.4, 0.5) is 11.5 Å². The first-order chi connectivity index (χ1) is 11.3. The van der Waals surface area contributed by atoms with Gasteiger partial charge in [-0.3, -0.25) is 4.79 Å². The van der Waals surface area contributed by atoms with Crippen LogP contribution in [0.2, 0.25) is 0 Å². The van der Waals surface area contributed by atoms with E-state index in [0.717, 1.165) is 11.5 Å². The Morgan fingerprint density at radius 2 is 1.91 bits per heavy atom. The molecule has 23 heavy (non-hydrogen) atoms. The molecule has 120 valence electrons. The van der Waals surface area contributed by atoms with Crippen molar-refractivity contribution < 1.29 is 4.79 Å². The van der Waals surface area contributed by atoms with Crippen LogP contribution in [0.3, 0.4) is 0 Å². The Bertz CT molecular complexity index is 636. The van der Waals surface area contributed by atoms with Gasteiger partial charge in [-0.05, 0) is 31.9 Å². The highest BCUT2D eigenvalue weighted by Crippen LogP contribution is 2.21. The van der Waals surface area contributed by atoms with Gasteiger partial charge in [0.25, 0.3) is 5.91 Å². The van der Waals surface area contributed by atoms with Crippen LogP contribution in [-0.2, 0) is 0 Å². The van der Waals surface area contributed by atoms with Crippen molar-refractivity contribution in [3.8, 4) is 0 Å². The van der Waals surface area contributed by atoms with Gasteiger partial charge >= 0.3 is 0 Å². The fourth-order valence-electron chi connectivity index (χ4n) is 2.98. The van der Waals surface area contributed by atoms with Crippen LogP contribution >= 0.6 is 0 Å². The molecule has 1 saturated carbocycles. The lowest BCUT2D eigenvalue weighted by Crippen LogP contribution is -2.31. The molecule has 5 heteroatoms. The molecule has 1 amide bonds. The maximum Gasteiger partial charge on any atom is 0.278 e. The number of anilines is 2. The summed E-state index contributed by atoms with van der Waals surface area (Å²) >= 11 is 0. The standard InChI is InChI=1S/C18H22N4O/c1-2-22(15-10-4-3-5-11-15)18(23)16-12-20-17(13-19-16)21-14-8-6-7-9-14/h3-5,10-14H,2,6-9H2,1H3,(H,20,21). The van der Waals surface area contributed by atoms with E-state index in [1.807, 2.05) is 37.3 Å². The molecule has 2 aromatic rings. The van der Waals surface area contributed by atoms with Gasteiger partial charge in [-0.2, -0.15) is 0 Å². The van der Waals surface area contributed by atoms with Gasteiger partial charge in [-0.25, -0.2) is 9.97 Å². The molecule has 1 aromatic heterocycles. The lowest BCUT2D eigenvalue weighted by atomic mass is 10.2. The average molecular weight is 310 g/mol. The minimum absolute atomic E-state index is 0.126. The first-order valence-electron chi connectivity index (χ1n) is 8.23. The molecule has 1 heterocycles. The highest BCUT2D eigenvalue weighted by Gasteiger charge is 2.19. The summed E-state index contributed by atoms with van der Waals surface area (Å²) in [7, 11) is 0. The summed E-state index contributed by atoms with van der Waals surface area (Å²) < 4.78 is 0. The fraction of sp³-hybridized carbons (Fsp3) is 0.389. The van der Waals surface area contributed by atoms with Crippen molar-refractivity contribution in [2.45, 2.75) is 38.6 Å². The van der Waals surface area contributed by atoms with Gasteiger partial charge in [-0.15, -0.1) is 0 Å². The van der Waals surface area contributed by atoms with Crippen molar-refractivity contribution in [1.82, 2.24) is 9.97 Å². The molecule has 1 aromatic carbocycles. The average Bonchev–Trinajstić information content (AvgIpc) is 3.10. The summed E-state index contributed by atoms with van der Waals surface area (Å²) in [6, 6.07) is 10.1. The number of benzene rings is 1. The summed E-state index contributed by atoms with van der Waals surface area (Å²) in [6.07, 6.45) is 8.12. The molecule has 0 aliphatic heterocycles. The minimum atomic E-state index is -0.126. The number of nitrogens with zero attached hydrogens (tertiary/aromatic N) is 3. The number of hydrogen-bond donors (Lipinski definition) is 1. The molecule has 0 bridgehead atoms. The molecule has 0 spiro atoms. The monoisotopic (exact) mass is 310 g/mol. The molecule has 3 rings (SSSR count). The maximum absolute atomic E-state index is 12.6. The van der Waals surface area contributed by atoms with E-state index in [0.29, 0.717) is 18.3 Å². The number of aromatic nitrogens is 2. The molecule has 0 unspecified atom stereocenters. The van der Waals surface area contributed by atoms with Gasteiger partial charge < -0.3 is 10.2 Å². The van der Waals surface area contributed by atoms with E-state index in [2.05, 4.69) is 15.3 Å². The Morgan fingerprint density at radius 1 is 1.17 bits per heavy atom. The number of carbonyl (C=O) groups excluding carboxylic acids is 1. The second-order valence-electron chi connectivity index (χ2n) is 5.80. The van der Waals surface area contributed by atoms with Crippen molar-refractivity contribution in [1.29, 1.82) is 0 Å². The zero-order valence-electron chi connectivity index (χ0n) is 13.4. The molecule has 0 atom stereocenters. The van der Waals surface area contributed by atoms with E-state index in [4.69, 9.17) is 0 Å². The van der Waals surface area contributed by atoms with Crippen LogP contribution in [0, 0.1) is 0 Å². The third-order valence-corrected chi connectivity index (χ3v) is 4.21. The number of carbonyl (C=O) groups is 1. The molecule has 0 radical (unpaired) electrons. The Hall–Kier alpha value is -2.43. The lowest BCUT2D eigenvalue weighted by molar-refractivity contribution is 0.0983. The summed E-state index contributed by atoms with van der Waals surface area (Å²) in [4.78, 5) is 23.0. The Kier molecular flexibility index (Phi) is 4.86. The van der Waals surface area contributed by atoms with Crippen LogP contribution in [0.1, 0.15) is 43.1 Å². The topological polar surface area (TPSA) is 58.1 Å². The highest BCUT2D eigenvalue weighted by atomic mass is 16.2. The molecular formula is C18H22N4O. The second kappa shape index (κ2) is 7.22. The van der Waals surface area contributed by atoms with Crippen LogP contribution < -0.4 is 10.2 Å². The van der Waals surface area contributed by atoms with Crippen molar-refractivity contribution in [3.63, 3.8) is 0 Å². The van der Waals surface area contributed by atoms with Crippen LogP contribution in [0.5, 0.6) is 0 Å². The quantitative estimate of drug-likeness (QED) is 0.918. The van der Waals surface area contributed by atoms with E-state index in [1.165, 1.54) is 25.7 Å². The molecule has 5 nitrogen and oxygen atoms in total. The normalized spacial score (nSPS) is 14.7. The molecule has 1 aliphatic carbocycles. The van der Waals surface area contributed by atoms with Crippen LogP contribution in [0.25, 0.3) is 0 Å². The zero-order valence-corrected chi connectivity index (χ0v) is 13.4. The fourth-order valence-corrected chi connectivity index (χ4v) is 2.98. The Morgan fingerprint density at radius 3 is 2.52 bits per heavy atom. The first kappa shape index (κ1) is 15.5. The van der Waals surface area contributed by atoms with Gasteiger partial charge in [0.2, 0.25) is 0 Å². The molecule has 1 aliphatic rings. The number of nitrogens with one attached hydrogen (secondary N) is 1. The van der Waals surface area contributed by atoms with Crippen molar-refractivity contribution in [2.75, 3.05) is 16.8 Å². The van der Waals surface area contributed by atoms with Gasteiger partial charge in [0.05, 0.1) is 12.4 Å². The van der Waals surface area contributed by atoms with Crippen molar-refractivity contribution >= 4 is 17.4 Å². The third kappa shape index (κ3) is 3.67. The minimum Gasteiger partial charge on any atom is -0.366 e. The van der Waals surface area contributed by atoms with E-state index in [1.54, 1.807) is 17.3 Å². The van der Waals surface area contributed by atoms with Gasteiger partial charge in [0.1, 0.15) is 11.5 Å². The number of hydrogen-bond acceptors (Lipinski definition) is 4.